The van der Waals surface area contributed by atoms with Gasteiger partial charge in [0, 0.05) is 22.5 Å². The Balaban J connectivity index is 1.93. The highest BCUT2D eigenvalue weighted by atomic mass is 32.1. The van der Waals surface area contributed by atoms with Crippen LogP contribution in [0.1, 0.15) is 21.1 Å². The molecule has 0 unspecified atom stereocenters. The van der Waals surface area contributed by atoms with E-state index in [4.69, 9.17) is 5.84 Å². The van der Waals surface area contributed by atoms with E-state index in [1.807, 2.05) is 17.5 Å². The maximum Gasteiger partial charge on any atom is 0.294 e. The predicted molar refractivity (Wildman–Crippen MR) is 79.5 cm³/mol. The second-order valence-corrected chi connectivity index (χ2v) is 5.43. The first-order chi connectivity index (χ1) is 9.69. The molecule has 1 amide bonds. The lowest BCUT2D eigenvalue weighted by atomic mass is 10.2. The van der Waals surface area contributed by atoms with Gasteiger partial charge in [-0.2, -0.15) is 0 Å². The topological polar surface area (TPSA) is 72.9 Å². The standard InChI is InChI=1S/C14H14N4OS/c1-9-6-18(12-5-3-2-4-11(9)12)7-10-8-20-14(16-10)13(19)17-15/h2-6,8H,7,15H2,1H3,(H,17,19). The number of hydrogen-bond acceptors (Lipinski definition) is 4. The summed E-state index contributed by atoms with van der Waals surface area (Å²) >= 11 is 1.30. The minimum atomic E-state index is -0.352. The molecule has 5 nitrogen and oxygen atoms in total. The Morgan fingerprint density at radius 3 is 3.05 bits per heavy atom. The molecule has 0 radical (unpaired) electrons. The van der Waals surface area contributed by atoms with Crippen LogP contribution >= 0.6 is 11.3 Å². The van der Waals surface area contributed by atoms with Crippen molar-refractivity contribution in [2.24, 2.45) is 5.84 Å². The van der Waals surface area contributed by atoms with Gasteiger partial charge in [0.25, 0.3) is 5.91 Å². The summed E-state index contributed by atoms with van der Waals surface area (Å²) in [6, 6.07) is 8.25. The number of nitrogen functional groups attached to an aromatic ring is 1. The molecule has 0 saturated heterocycles. The van der Waals surface area contributed by atoms with Crippen LogP contribution in [0, 0.1) is 6.92 Å². The minimum absolute atomic E-state index is 0.352. The summed E-state index contributed by atoms with van der Waals surface area (Å²) in [7, 11) is 0. The molecule has 0 aliphatic carbocycles. The summed E-state index contributed by atoms with van der Waals surface area (Å²) in [6.45, 7) is 2.73. The van der Waals surface area contributed by atoms with Gasteiger partial charge in [-0.1, -0.05) is 18.2 Å². The normalized spacial score (nSPS) is 10.9. The number of aromatic nitrogens is 2. The molecule has 3 rings (SSSR count). The van der Waals surface area contributed by atoms with Crippen molar-refractivity contribution < 1.29 is 4.79 Å². The summed E-state index contributed by atoms with van der Waals surface area (Å²) in [5.74, 6) is 4.75. The van der Waals surface area contributed by atoms with Gasteiger partial charge in [0.15, 0.2) is 5.01 Å². The van der Waals surface area contributed by atoms with Crippen molar-refractivity contribution in [3.8, 4) is 0 Å². The van der Waals surface area contributed by atoms with E-state index in [2.05, 4.69) is 40.2 Å². The molecule has 20 heavy (non-hydrogen) atoms. The summed E-state index contributed by atoms with van der Waals surface area (Å²) in [6.07, 6.45) is 2.10. The quantitative estimate of drug-likeness (QED) is 0.440. The smallest absolute Gasteiger partial charge is 0.294 e. The number of nitrogens with zero attached hydrogens (tertiary/aromatic N) is 2. The van der Waals surface area contributed by atoms with Crippen LogP contribution in [0.3, 0.4) is 0 Å². The van der Waals surface area contributed by atoms with Gasteiger partial charge in [-0.05, 0) is 18.6 Å². The van der Waals surface area contributed by atoms with Crippen LogP contribution in [0.5, 0.6) is 0 Å². The number of carbonyl (C=O) groups is 1. The number of nitrogens with two attached hydrogens (primary N) is 1. The van der Waals surface area contributed by atoms with Crippen molar-refractivity contribution in [3.05, 3.63) is 52.1 Å². The van der Waals surface area contributed by atoms with E-state index in [1.165, 1.54) is 27.8 Å². The zero-order chi connectivity index (χ0) is 14.1. The van der Waals surface area contributed by atoms with Crippen LogP contribution in [0.2, 0.25) is 0 Å². The molecule has 1 aromatic carbocycles. The average Bonchev–Trinajstić information content (AvgIpc) is 3.05. The third-order valence-electron chi connectivity index (χ3n) is 3.20. The summed E-state index contributed by atoms with van der Waals surface area (Å²) in [4.78, 5) is 15.7. The molecule has 3 N–H and O–H groups in total. The number of fused-ring (bicyclic) bond motifs is 1. The molecule has 6 heteroatoms. The minimum Gasteiger partial charge on any atom is -0.341 e. The van der Waals surface area contributed by atoms with Crippen molar-refractivity contribution >= 4 is 28.1 Å². The third-order valence-corrected chi connectivity index (χ3v) is 4.09. The van der Waals surface area contributed by atoms with E-state index in [0.29, 0.717) is 11.6 Å². The highest BCUT2D eigenvalue weighted by Gasteiger charge is 2.11. The first-order valence-electron chi connectivity index (χ1n) is 6.19. The van der Waals surface area contributed by atoms with Crippen LogP contribution in [-0.2, 0) is 6.54 Å². The molecule has 2 heterocycles. The maximum atomic E-state index is 11.4. The molecule has 3 aromatic rings. The Bertz CT molecular complexity index is 774. The van der Waals surface area contributed by atoms with E-state index in [-0.39, 0.29) is 5.91 Å². The lowest BCUT2D eigenvalue weighted by Crippen LogP contribution is -2.29. The Morgan fingerprint density at radius 2 is 2.25 bits per heavy atom. The van der Waals surface area contributed by atoms with Gasteiger partial charge in [-0.25, -0.2) is 10.8 Å². The number of para-hydroxylation sites is 1. The molecular weight excluding hydrogens is 272 g/mol. The van der Waals surface area contributed by atoms with E-state index >= 15 is 0 Å². The number of thiazole rings is 1. The zero-order valence-electron chi connectivity index (χ0n) is 11.0. The monoisotopic (exact) mass is 286 g/mol. The van der Waals surface area contributed by atoms with Crippen LogP contribution in [0.4, 0.5) is 0 Å². The van der Waals surface area contributed by atoms with Gasteiger partial charge in [0.05, 0.1) is 12.2 Å². The summed E-state index contributed by atoms with van der Waals surface area (Å²) < 4.78 is 2.14. The number of nitrogens with one attached hydrogen (secondary N) is 1. The maximum absolute atomic E-state index is 11.4. The summed E-state index contributed by atoms with van der Waals surface area (Å²) in [5.41, 5.74) is 5.35. The molecule has 0 bridgehead atoms. The van der Waals surface area contributed by atoms with Gasteiger partial charge < -0.3 is 4.57 Å². The fraction of sp³-hybridized carbons (Fsp3) is 0.143. The van der Waals surface area contributed by atoms with E-state index < -0.39 is 0 Å². The van der Waals surface area contributed by atoms with Gasteiger partial charge in [-0.15, -0.1) is 11.3 Å². The van der Waals surface area contributed by atoms with Crippen LogP contribution in [0.15, 0.2) is 35.8 Å². The largest absolute Gasteiger partial charge is 0.341 e. The van der Waals surface area contributed by atoms with E-state index in [1.54, 1.807) is 0 Å². The van der Waals surface area contributed by atoms with Crippen molar-refractivity contribution in [2.45, 2.75) is 13.5 Å². The fourth-order valence-electron chi connectivity index (χ4n) is 2.28. The first kappa shape index (κ1) is 12.8. The fourth-order valence-corrected chi connectivity index (χ4v) is 2.99. The van der Waals surface area contributed by atoms with Crippen LogP contribution < -0.4 is 11.3 Å². The van der Waals surface area contributed by atoms with Gasteiger partial charge in [-0.3, -0.25) is 10.2 Å². The lowest BCUT2D eigenvalue weighted by Gasteiger charge is -2.02. The molecule has 0 atom stereocenters. The first-order valence-corrected chi connectivity index (χ1v) is 7.07. The van der Waals surface area contributed by atoms with Crippen LogP contribution in [-0.4, -0.2) is 15.5 Å². The zero-order valence-corrected chi connectivity index (χ0v) is 11.8. The second-order valence-electron chi connectivity index (χ2n) is 4.57. The Labute approximate surface area is 120 Å². The number of hydrogen-bond donors (Lipinski definition) is 2. The van der Waals surface area contributed by atoms with E-state index in [9.17, 15) is 4.79 Å². The van der Waals surface area contributed by atoms with Gasteiger partial charge in [0.2, 0.25) is 0 Å². The SMILES string of the molecule is Cc1cn(Cc2csc(C(=O)NN)n2)c2ccccc12. The Morgan fingerprint density at radius 1 is 1.45 bits per heavy atom. The van der Waals surface area contributed by atoms with Crippen molar-refractivity contribution in [1.82, 2.24) is 15.0 Å². The molecular formula is C14H14N4OS. The van der Waals surface area contributed by atoms with Crippen LogP contribution in [0.25, 0.3) is 10.9 Å². The lowest BCUT2D eigenvalue weighted by molar-refractivity contribution is 0.0953. The van der Waals surface area contributed by atoms with Gasteiger partial charge in [0.1, 0.15) is 0 Å². The molecule has 2 aromatic heterocycles. The predicted octanol–water partition coefficient (Wildman–Crippen LogP) is 2.06. The highest BCUT2D eigenvalue weighted by molar-refractivity contribution is 7.11. The average molecular weight is 286 g/mol. The molecule has 102 valence electrons. The van der Waals surface area contributed by atoms with Crippen molar-refractivity contribution in [2.75, 3.05) is 0 Å². The number of amides is 1. The number of aryl methyl sites for hydroxylation is 1. The summed E-state index contributed by atoms with van der Waals surface area (Å²) in [5, 5.41) is 3.51. The number of rotatable bonds is 3. The second kappa shape index (κ2) is 5.07. The Hall–Kier alpha value is -2.18. The molecule has 0 fully saturated rings. The number of carbonyl (C=O) groups excluding carboxylic acids is 1. The highest BCUT2D eigenvalue weighted by Crippen LogP contribution is 2.21. The van der Waals surface area contributed by atoms with Gasteiger partial charge >= 0.3 is 0 Å². The van der Waals surface area contributed by atoms with Crippen molar-refractivity contribution in [3.63, 3.8) is 0 Å². The third kappa shape index (κ3) is 2.19. The van der Waals surface area contributed by atoms with E-state index in [0.717, 1.165) is 5.69 Å². The number of benzene rings is 1. The molecule has 0 spiro atoms. The van der Waals surface area contributed by atoms with Crippen molar-refractivity contribution in [1.29, 1.82) is 0 Å². The molecule has 0 aliphatic rings. The molecule has 0 saturated carbocycles. The Kier molecular flexibility index (Phi) is 3.25. The molecule has 0 aliphatic heterocycles. The number of hydrazine groups is 1.